The minimum atomic E-state index is 0.771. The Hall–Kier alpha value is -2.05. The van der Waals surface area contributed by atoms with Gasteiger partial charge in [0.15, 0.2) is 0 Å². The van der Waals surface area contributed by atoms with Crippen LogP contribution in [0.5, 0.6) is 0 Å². The van der Waals surface area contributed by atoms with Crippen molar-refractivity contribution >= 4 is 11.6 Å². The van der Waals surface area contributed by atoms with E-state index in [1.807, 2.05) is 24.3 Å². The van der Waals surface area contributed by atoms with Gasteiger partial charge in [-0.05, 0) is 46.9 Å². The lowest BCUT2D eigenvalue weighted by atomic mass is 9.96. The van der Waals surface area contributed by atoms with Gasteiger partial charge in [-0.25, -0.2) is 0 Å². The number of hydrogen-bond donors (Lipinski definition) is 0. The molecule has 98 valence electrons. The fraction of sp³-hybridized carbons (Fsp3) is 0.0526. The summed E-state index contributed by atoms with van der Waals surface area (Å²) in [6, 6.07) is 25.0. The number of rotatable bonds is 2. The maximum absolute atomic E-state index is 6.06. The molecule has 1 heteroatoms. The first-order valence-electron chi connectivity index (χ1n) is 6.66. The van der Waals surface area contributed by atoms with Crippen molar-refractivity contribution in [2.24, 2.45) is 0 Å². The molecule has 3 rings (SSSR count). The smallest absolute Gasteiger partial charge is 0.0412 e. The van der Waals surface area contributed by atoms with E-state index in [4.69, 9.17) is 11.6 Å². The Morgan fingerprint density at radius 2 is 1.35 bits per heavy atom. The van der Waals surface area contributed by atoms with Crippen molar-refractivity contribution in [1.82, 2.24) is 0 Å². The molecule has 0 aromatic heterocycles. The quantitative estimate of drug-likeness (QED) is 0.541. The zero-order chi connectivity index (χ0) is 13.9. The van der Waals surface area contributed by atoms with E-state index in [1.165, 1.54) is 22.3 Å². The Bertz CT molecular complexity index is 730. The highest BCUT2D eigenvalue weighted by molar-refractivity contribution is 6.30. The van der Waals surface area contributed by atoms with Crippen LogP contribution in [0.1, 0.15) is 5.56 Å². The van der Waals surface area contributed by atoms with Crippen molar-refractivity contribution in [2.75, 3.05) is 0 Å². The Morgan fingerprint density at radius 3 is 2.05 bits per heavy atom. The van der Waals surface area contributed by atoms with Crippen LogP contribution in [0.3, 0.4) is 0 Å². The van der Waals surface area contributed by atoms with E-state index >= 15 is 0 Å². The lowest BCUT2D eigenvalue weighted by Gasteiger charge is -2.09. The van der Waals surface area contributed by atoms with Gasteiger partial charge < -0.3 is 0 Å². The van der Waals surface area contributed by atoms with E-state index in [0.29, 0.717) is 0 Å². The second kappa shape index (κ2) is 5.52. The molecule has 0 aliphatic heterocycles. The van der Waals surface area contributed by atoms with Crippen LogP contribution in [-0.2, 0) is 0 Å². The predicted molar refractivity (Wildman–Crippen MR) is 87.1 cm³/mol. The second-order valence-corrected chi connectivity index (χ2v) is 5.34. The number of halogens is 1. The Labute approximate surface area is 124 Å². The molecule has 0 aliphatic rings. The van der Waals surface area contributed by atoms with Crippen LogP contribution in [0, 0.1) is 6.92 Å². The largest absolute Gasteiger partial charge is 0.0843 e. The van der Waals surface area contributed by atoms with Gasteiger partial charge in [0.2, 0.25) is 0 Å². The SMILES string of the molecule is Cc1cc(-c2cccc(Cl)c2)ccc1-c1ccccc1. The zero-order valence-electron chi connectivity index (χ0n) is 11.3. The van der Waals surface area contributed by atoms with Gasteiger partial charge >= 0.3 is 0 Å². The summed E-state index contributed by atoms with van der Waals surface area (Å²) in [6.45, 7) is 2.15. The molecule has 0 spiro atoms. The van der Waals surface area contributed by atoms with Crippen molar-refractivity contribution in [1.29, 1.82) is 0 Å². The summed E-state index contributed by atoms with van der Waals surface area (Å²) in [7, 11) is 0. The molecule has 20 heavy (non-hydrogen) atoms. The van der Waals surface area contributed by atoms with Crippen LogP contribution in [0.4, 0.5) is 0 Å². The summed E-state index contributed by atoms with van der Waals surface area (Å²) < 4.78 is 0. The lowest BCUT2D eigenvalue weighted by molar-refractivity contribution is 1.45. The Balaban J connectivity index is 2.04. The van der Waals surface area contributed by atoms with E-state index in [-0.39, 0.29) is 0 Å². The van der Waals surface area contributed by atoms with Crippen LogP contribution < -0.4 is 0 Å². The zero-order valence-corrected chi connectivity index (χ0v) is 12.1. The van der Waals surface area contributed by atoms with Gasteiger partial charge in [-0.3, -0.25) is 0 Å². The molecular weight excluding hydrogens is 264 g/mol. The second-order valence-electron chi connectivity index (χ2n) is 4.91. The molecule has 0 unspecified atom stereocenters. The summed E-state index contributed by atoms with van der Waals surface area (Å²) >= 11 is 6.06. The molecule has 0 N–H and O–H groups in total. The highest BCUT2D eigenvalue weighted by Gasteiger charge is 2.04. The summed E-state index contributed by atoms with van der Waals surface area (Å²) in [5.41, 5.74) is 6.15. The summed E-state index contributed by atoms with van der Waals surface area (Å²) in [4.78, 5) is 0. The average molecular weight is 279 g/mol. The number of hydrogen-bond acceptors (Lipinski definition) is 0. The maximum Gasteiger partial charge on any atom is 0.0412 e. The molecule has 0 bridgehead atoms. The minimum absolute atomic E-state index is 0.771. The molecule has 0 saturated carbocycles. The fourth-order valence-electron chi connectivity index (χ4n) is 2.45. The highest BCUT2D eigenvalue weighted by atomic mass is 35.5. The van der Waals surface area contributed by atoms with Gasteiger partial charge in [-0.15, -0.1) is 0 Å². The van der Waals surface area contributed by atoms with Gasteiger partial charge in [-0.1, -0.05) is 72.3 Å². The van der Waals surface area contributed by atoms with Crippen LogP contribution in [0.25, 0.3) is 22.3 Å². The number of aryl methyl sites for hydroxylation is 1. The molecule has 0 amide bonds. The van der Waals surface area contributed by atoms with E-state index in [2.05, 4.69) is 55.5 Å². The monoisotopic (exact) mass is 278 g/mol. The van der Waals surface area contributed by atoms with Crippen molar-refractivity contribution in [2.45, 2.75) is 6.92 Å². The van der Waals surface area contributed by atoms with E-state index in [0.717, 1.165) is 10.6 Å². The van der Waals surface area contributed by atoms with Crippen molar-refractivity contribution in [3.05, 3.63) is 83.4 Å². The normalized spacial score (nSPS) is 10.5. The first-order valence-corrected chi connectivity index (χ1v) is 7.04. The Kier molecular flexibility index (Phi) is 3.58. The van der Waals surface area contributed by atoms with Crippen molar-refractivity contribution < 1.29 is 0 Å². The summed E-state index contributed by atoms with van der Waals surface area (Å²) in [6.07, 6.45) is 0. The average Bonchev–Trinajstić information content (AvgIpc) is 2.48. The topological polar surface area (TPSA) is 0 Å². The lowest BCUT2D eigenvalue weighted by Crippen LogP contribution is -1.85. The molecule has 0 fully saturated rings. The van der Waals surface area contributed by atoms with Gasteiger partial charge in [-0.2, -0.15) is 0 Å². The van der Waals surface area contributed by atoms with Gasteiger partial charge in [0.05, 0.1) is 0 Å². The Morgan fingerprint density at radius 1 is 0.650 bits per heavy atom. The molecule has 0 heterocycles. The maximum atomic E-state index is 6.06. The highest BCUT2D eigenvalue weighted by Crippen LogP contribution is 2.29. The summed E-state index contributed by atoms with van der Waals surface area (Å²) in [5, 5.41) is 0.771. The molecule has 0 saturated heterocycles. The third-order valence-electron chi connectivity index (χ3n) is 3.47. The number of benzene rings is 3. The van der Waals surface area contributed by atoms with Crippen molar-refractivity contribution in [3.63, 3.8) is 0 Å². The summed E-state index contributed by atoms with van der Waals surface area (Å²) in [5.74, 6) is 0. The van der Waals surface area contributed by atoms with Crippen LogP contribution in [0.2, 0.25) is 5.02 Å². The minimum Gasteiger partial charge on any atom is -0.0843 e. The van der Waals surface area contributed by atoms with Crippen LogP contribution >= 0.6 is 11.6 Å². The van der Waals surface area contributed by atoms with Gasteiger partial charge in [0.1, 0.15) is 0 Å². The first-order chi connectivity index (χ1) is 9.74. The van der Waals surface area contributed by atoms with Gasteiger partial charge in [0.25, 0.3) is 0 Å². The predicted octanol–water partition coefficient (Wildman–Crippen LogP) is 5.98. The molecule has 0 aliphatic carbocycles. The molecule has 3 aromatic rings. The standard InChI is InChI=1S/C19H15Cl/c1-14-12-17(16-8-5-9-18(20)13-16)10-11-19(14)15-6-3-2-4-7-15/h2-13H,1H3. The van der Waals surface area contributed by atoms with E-state index in [1.54, 1.807) is 0 Å². The fourth-order valence-corrected chi connectivity index (χ4v) is 2.64. The molecule has 0 radical (unpaired) electrons. The molecule has 0 atom stereocenters. The van der Waals surface area contributed by atoms with E-state index in [9.17, 15) is 0 Å². The van der Waals surface area contributed by atoms with E-state index < -0.39 is 0 Å². The van der Waals surface area contributed by atoms with Gasteiger partial charge in [0, 0.05) is 5.02 Å². The molecule has 3 aromatic carbocycles. The van der Waals surface area contributed by atoms with Crippen LogP contribution in [0.15, 0.2) is 72.8 Å². The third kappa shape index (κ3) is 2.61. The first kappa shape index (κ1) is 13.0. The third-order valence-corrected chi connectivity index (χ3v) is 3.70. The van der Waals surface area contributed by atoms with Crippen molar-refractivity contribution in [3.8, 4) is 22.3 Å². The van der Waals surface area contributed by atoms with Crippen LogP contribution in [-0.4, -0.2) is 0 Å². The molecule has 0 nitrogen and oxygen atoms in total. The molecular formula is C19H15Cl.